The van der Waals surface area contributed by atoms with Crippen molar-refractivity contribution in [2.45, 2.75) is 63.8 Å². The molecule has 1 saturated carbocycles. The number of nitrogens with zero attached hydrogens (tertiary/aromatic N) is 3. The van der Waals surface area contributed by atoms with E-state index in [0.29, 0.717) is 41.5 Å². The van der Waals surface area contributed by atoms with Gasteiger partial charge in [-0.2, -0.15) is 4.98 Å². The summed E-state index contributed by atoms with van der Waals surface area (Å²) in [5.41, 5.74) is 0.877. The van der Waals surface area contributed by atoms with E-state index in [2.05, 4.69) is 15.0 Å². The number of hydrogen-bond acceptors (Lipinski definition) is 4. The van der Waals surface area contributed by atoms with Crippen molar-refractivity contribution in [3.05, 3.63) is 35.2 Å². The van der Waals surface area contributed by atoms with Crippen LogP contribution < -0.4 is 0 Å². The smallest absolute Gasteiger partial charge is 0.226 e. The van der Waals surface area contributed by atoms with Gasteiger partial charge in [-0.15, -0.1) is 0 Å². The average Bonchev–Trinajstić information content (AvgIpc) is 3.17. The van der Waals surface area contributed by atoms with Crippen LogP contribution in [0.3, 0.4) is 0 Å². The van der Waals surface area contributed by atoms with Gasteiger partial charge in [0.05, 0.1) is 0 Å². The summed E-state index contributed by atoms with van der Waals surface area (Å²) in [5, 5.41) is 4.71. The fourth-order valence-electron chi connectivity index (χ4n) is 4.54. The SMILES string of the molecule is O=C(CCCc1nc(-c2ccc(Cl)cc2)no1)N1CCCC2CCCCC21. The molecule has 2 heterocycles. The van der Waals surface area contributed by atoms with Gasteiger partial charge in [0.25, 0.3) is 0 Å². The Hall–Kier alpha value is -1.88. The molecule has 1 aromatic heterocycles. The number of piperidine rings is 1. The highest BCUT2D eigenvalue weighted by Gasteiger charge is 2.35. The molecule has 0 bridgehead atoms. The molecule has 1 aliphatic carbocycles. The van der Waals surface area contributed by atoms with Gasteiger partial charge in [0, 0.05) is 36.0 Å². The second-order valence-corrected chi connectivity index (χ2v) is 8.15. The summed E-state index contributed by atoms with van der Waals surface area (Å²) in [6, 6.07) is 7.85. The van der Waals surface area contributed by atoms with Crippen LogP contribution in [0, 0.1) is 5.92 Å². The van der Waals surface area contributed by atoms with Crippen molar-refractivity contribution in [1.29, 1.82) is 0 Å². The zero-order valence-electron chi connectivity index (χ0n) is 15.6. The van der Waals surface area contributed by atoms with E-state index in [1.165, 1.54) is 32.1 Å². The zero-order chi connectivity index (χ0) is 18.6. The largest absolute Gasteiger partial charge is 0.339 e. The molecule has 2 unspecified atom stereocenters. The first-order chi connectivity index (χ1) is 13.2. The van der Waals surface area contributed by atoms with E-state index in [4.69, 9.17) is 16.1 Å². The number of amides is 1. The van der Waals surface area contributed by atoms with Gasteiger partial charge in [-0.05, 0) is 62.3 Å². The fourth-order valence-corrected chi connectivity index (χ4v) is 4.67. The number of halogens is 1. The first-order valence-electron chi connectivity index (χ1n) is 10.1. The lowest BCUT2D eigenvalue weighted by Crippen LogP contribution is -2.49. The monoisotopic (exact) mass is 387 g/mol. The maximum Gasteiger partial charge on any atom is 0.226 e. The topological polar surface area (TPSA) is 59.2 Å². The van der Waals surface area contributed by atoms with Crippen molar-refractivity contribution in [2.24, 2.45) is 5.92 Å². The zero-order valence-corrected chi connectivity index (χ0v) is 16.3. The van der Waals surface area contributed by atoms with Crippen LogP contribution in [-0.2, 0) is 11.2 Å². The van der Waals surface area contributed by atoms with Crippen LogP contribution in [0.5, 0.6) is 0 Å². The van der Waals surface area contributed by atoms with Crippen LogP contribution in [0.4, 0.5) is 0 Å². The van der Waals surface area contributed by atoms with Gasteiger partial charge in [0.1, 0.15) is 0 Å². The summed E-state index contributed by atoms with van der Waals surface area (Å²) < 4.78 is 5.34. The quantitative estimate of drug-likeness (QED) is 0.732. The van der Waals surface area contributed by atoms with Gasteiger partial charge < -0.3 is 9.42 Å². The van der Waals surface area contributed by atoms with Crippen LogP contribution >= 0.6 is 11.6 Å². The number of rotatable bonds is 5. The molecule has 0 N–H and O–H groups in total. The average molecular weight is 388 g/mol. The molecule has 144 valence electrons. The summed E-state index contributed by atoms with van der Waals surface area (Å²) in [7, 11) is 0. The number of benzene rings is 1. The molecule has 2 fully saturated rings. The normalized spacial score (nSPS) is 22.5. The minimum Gasteiger partial charge on any atom is -0.339 e. The van der Waals surface area contributed by atoms with Gasteiger partial charge in [-0.25, -0.2) is 0 Å². The van der Waals surface area contributed by atoms with Crippen LogP contribution in [-0.4, -0.2) is 33.5 Å². The van der Waals surface area contributed by atoms with Gasteiger partial charge in [0.15, 0.2) is 0 Å². The molecule has 2 aromatic rings. The van der Waals surface area contributed by atoms with E-state index in [1.807, 2.05) is 24.3 Å². The molecule has 1 aliphatic heterocycles. The third-order valence-corrected chi connectivity index (χ3v) is 6.17. The van der Waals surface area contributed by atoms with Crippen LogP contribution in [0.2, 0.25) is 5.02 Å². The lowest BCUT2D eigenvalue weighted by Gasteiger charge is -2.44. The Morgan fingerprint density at radius 1 is 1.15 bits per heavy atom. The molecule has 5 nitrogen and oxygen atoms in total. The van der Waals surface area contributed by atoms with Gasteiger partial charge in [-0.1, -0.05) is 29.6 Å². The standard InChI is InChI=1S/C21H26ClN3O2/c22-17-12-10-16(11-13-17)21-23-19(27-24-21)8-3-9-20(26)25-14-4-6-15-5-1-2-7-18(15)25/h10-13,15,18H,1-9,14H2. The Kier molecular flexibility index (Phi) is 5.77. The van der Waals surface area contributed by atoms with E-state index < -0.39 is 0 Å². The molecule has 1 saturated heterocycles. The van der Waals surface area contributed by atoms with Gasteiger partial charge >= 0.3 is 0 Å². The highest BCUT2D eigenvalue weighted by molar-refractivity contribution is 6.30. The van der Waals surface area contributed by atoms with E-state index >= 15 is 0 Å². The second kappa shape index (κ2) is 8.42. The van der Waals surface area contributed by atoms with E-state index in [0.717, 1.165) is 30.9 Å². The molecular formula is C21H26ClN3O2. The predicted molar refractivity (Wildman–Crippen MR) is 104 cm³/mol. The molecule has 1 aromatic carbocycles. The maximum atomic E-state index is 12.7. The number of carbonyl (C=O) groups excluding carboxylic acids is 1. The number of aromatic nitrogens is 2. The Morgan fingerprint density at radius 2 is 1.93 bits per heavy atom. The maximum absolute atomic E-state index is 12.7. The first kappa shape index (κ1) is 18.5. The summed E-state index contributed by atoms with van der Waals surface area (Å²) in [6.45, 7) is 0.932. The second-order valence-electron chi connectivity index (χ2n) is 7.71. The molecule has 0 spiro atoms. The Bertz CT molecular complexity index is 772. The van der Waals surface area contributed by atoms with Gasteiger partial charge in [-0.3, -0.25) is 4.79 Å². The summed E-state index contributed by atoms with van der Waals surface area (Å²) in [4.78, 5) is 19.4. The minimum absolute atomic E-state index is 0.295. The van der Waals surface area contributed by atoms with Crippen molar-refractivity contribution < 1.29 is 9.32 Å². The molecule has 4 rings (SSSR count). The molecule has 27 heavy (non-hydrogen) atoms. The Balaban J connectivity index is 1.29. The highest BCUT2D eigenvalue weighted by atomic mass is 35.5. The number of aryl methyl sites for hydroxylation is 1. The Morgan fingerprint density at radius 3 is 2.78 bits per heavy atom. The minimum atomic E-state index is 0.295. The van der Waals surface area contributed by atoms with Crippen molar-refractivity contribution in [1.82, 2.24) is 15.0 Å². The van der Waals surface area contributed by atoms with Crippen molar-refractivity contribution in [2.75, 3.05) is 6.54 Å². The first-order valence-corrected chi connectivity index (χ1v) is 10.5. The number of fused-ring (bicyclic) bond motifs is 1. The lowest BCUT2D eigenvalue weighted by atomic mass is 9.78. The van der Waals surface area contributed by atoms with E-state index in [1.54, 1.807) is 0 Å². The molecular weight excluding hydrogens is 362 g/mol. The third kappa shape index (κ3) is 4.34. The molecule has 0 radical (unpaired) electrons. The summed E-state index contributed by atoms with van der Waals surface area (Å²) >= 11 is 5.91. The van der Waals surface area contributed by atoms with Crippen molar-refractivity contribution in [3.8, 4) is 11.4 Å². The Labute approximate surface area is 165 Å². The predicted octanol–water partition coefficient (Wildman–Crippen LogP) is 4.89. The summed E-state index contributed by atoms with van der Waals surface area (Å²) in [5.74, 6) is 2.18. The summed E-state index contributed by atoms with van der Waals surface area (Å²) in [6.07, 6.45) is 9.46. The molecule has 1 amide bonds. The highest BCUT2D eigenvalue weighted by Crippen LogP contribution is 2.35. The number of hydrogen-bond donors (Lipinski definition) is 0. The molecule has 2 atom stereocenters. The van der Waals surface area contributed by atoms with Crippen molar-refractivity contribution in [3.63, 3.8) is 0 Å². The molecule has 6 heteroatoms. The van der Waals surface area contributed by atoms with Crippen LogP contribution in [0.1, 0.15) is 57.3 Å². The number of carbonyl (C=O) groups is 1. The van der Waals surface area contributed by atoms with Crippen LogP contribution in [0.15, 0.2) is 28.8 Å². The van der Waals surface area contributed by atoms with Crippen molar-refractivity contribution >= 4 is 17.5 Å². The molecule has 2 aliphatic rings. The van der Waals surface area contributed by atoms with E-state index in [9.17, 15) is 4.79 Å². The van der Waals surface area contributed by atoms with E-state index in [-0.39, 0.29) is 0 Å². The lowest BCUT2D eigenvalue weighted by molar-refractivity contribution is -0.137. The van der Waals surface area contributed by atoms with Gasteiger partial charge in [0.2, 0.25) is 17.6 Å². The fraction of sp³-hybridized carbons (Fsp3) is 0.571. The number of likely N-dealkylation sites (tertiary alicyclic amines) is 1. The third-order valence-electron chi connectivity index (χ3n) is 5.92. The van der Waals surface area contributed by atoms with Crippen LogP contribution in [0.25, 0.3) is 11.4 Å².